The first-order chi connectivity index (χ1) is 20.3. The zero-order valence-electron chi connectivity index (χ0n) is 23.5. The molecule has 0 unspecified atom stereocenters. The molecule has 1 N–H and O–H groups in total. The highest BCUT2D eigenvalue weighted by Crippen LogP contribution is 2.28. The van der Waals surface area contributed by atoms with Gasteiger partial charge in [0.1, 0.15) is 35.2 Å². The van der Waals surface area contributed by atoms with Gasteiger partial charge in [-0.2, -0.15) is 0 Å². The molecule has 0 radical (unpaired) electrons. The fraction of sp³-hybridized carbons (Fsp3) is 0.147. The monoisotopic (exact) mass is 578 g/mol. The van der Waals surface area contributed by atoms with Crippen LogP contribution in [0.2, 0.25) is 0 Å². The van der Waals surface area contributed by atoms with Crippen molar-refractivity contribution in [1.29, 1.82) is 0 Å². The molecule has 7 nitrogen and oxygen atoms in total. The van der Waals surface area contributed by atoms with E-state index in [0.29, 0.717) is 34.4 Å². The molecule has 1 aliphatic heterocycles. The summed E-state index contributed by atoms with van der Waals surface area (Å²) in [5.74, 6) is 2.00. The third-order valence-corrected chi connectivity index (χ3v) is 7.02. The lowest BCUT2D eigenvalue weighted by Crippen LogP contribution is -2.54. The number of nitrogens with one attached hydrogen (secondary N) is 1. The van der Waals surface area contributed by atoms with Gasteiger partial charge in [0.25, 0.3) is 11.8 Å². The van der Waals surface area contributed by atoms with Crippen molar-refractivity contribution >= 4 is 40.9 Å². The van der Waals surface area contributed by atoms with Gasteiger partial charge in [0.15, 0.2) is 5.11 Å². The van der Waals surface area contributed by atoms with Crippen LogP contribution in [0.3, 0.4) is 0 Å². The Balaban J connectivity index is 1.35. The van der Waals surface area contributed by atoms with Crippen molar-refractivity contribution in [2.45, 2.75) is 26.4 Å². The number of amides is 2. The molecule has 0 spiro atoms. The number of methoxy groups -OCH3 is 1. The molecule has 2 amide bonds. The van der Waals surface area contributed by atoms with Gasteiger partial charge < -0.3 is 14.2 Å². The standard InChI is InChI=1S/C34H30N2O5S/c1-22(2)24-10-14-27(15-11-24)40-21-25-19-23(9-18-31(25)39-3)20-30-32(37)35-34(42)36(33(30)38)26-12-16-29(17-13-26)41-28-7-5-4-6-8-28/h4-20,22H,21H2,1-3H3,(H,35,37,42). The highest BCUT2D eigenvalue weighted by Gasteiger charge is 2.34. The minimum atomic E-state index is -0.566. The maximum atomic E-state index is 13.5. The van der Waals surface area contributed by atoms with E-state index in [1.165, 1.54) is 10.5 Å². The molecular formula is C34H30N2O5S. The summed E-state index contributed by atoms with van der Waals surface area (Å²) in [5, 5.41) is 2.63. The number of nitrogens with zero attached hydrogens (tertiary/aromatic N) is 1. The second-order valence-electron chi connectivity index (χ2n) is 9.95. The van der Waals surface area contributed by atoms with Gasteiger partial charge in [-0.25, -0.2) is 0 Å². The summed E-state index contributed by atoms with van der Waals surface area (Å²) >= 11 is 5.36. The molecular weight excluding hydrogens is 548 g/mol. The molecule has 212 valence electrons. The average molecular weight is 579 g/mol. The number of carbonyl (C=O) groups excluding carboxylic acids is 2. The van der Waals surface area contributed by atoms with E-state index in [1.807, 2.05) is 60.7 Å². The van der Waals surface area contributed by atoms with Crippen molar-refractivity contribution in [3.63, 3.8) is 0 Å². The first-order valence-corrected chi connectivity index (χ1v) is 13.9. The van der Waals surface area contributed by atoms with Gasteiger partial charge in [-0.15, -0.1) is 0 Å². The predicted octanol–water partition coefficient (Wildman–Crippen LogP) is 7.02. The first kappa shape index (κ1) is 28.6. The lowest BCUT2D eigenvalue weighted by molar-refractivity contribution is -0.122. The highest BCUT2D eigenvalue weighted by atomic mass is 32.1. The number of ether oxygens (including phenoxy) is 3. The van der Waals surface area contributed by atoms with Crippen molar-refractivity contribution in [2.24, 2.45) is 0 Å². The quantitative estimate of drug-likeness (QED) is 0.131. The topological polar surface area (TPSA) is 77.1 Å². The summed E-state index contributed by atoms with van der Waals surface area (Å²) < 4.78 is 17.4. The second-order valence-corrected chi connectivity index (χ2v) is 10.3. The van der Waals surface area contributed by atoms with Gasteiger partial charge in [-0.05, 0) is 96.0 Å². The fourth-order valence-electron chi connectivity index (χ4n) is 4.46. The Bertz CT molecular complexity index is 1630. The Hall–Kier alpha value is -4.95. The van der Waals surface area contributed by atoms with Crippen molar-refractivity contribution in [3.05, 3.63) is 119 Å². The molecule has 8 heteroatoms. The normalized spacial score (nSPS) is 14.2. The van der Waals surface area contributed by atoms with Crippen LogP contribution in [0.15, 0.2) is 103 Å². The number of hydrogen-bond acceptors (Lipinski definition) is 6. The van der Waals surface area contributed by atoms with Crippen LogP contribution in [-0.2, 0) is 16.2 Å². The Kier molecular flexibility index (Phi) is 8.64. The average Bonchev–Trinajstić information content (AvgIpc) is 2.99. The predicted molar refractivity (Wildman–Crippen MR) is 167 cm³/mol. The maximum absolute atomic E-state index is 13.5. The number of hydrogen-bond donors (Lipinski definition) is 1. The van der Waals surface area contributed by atoms with Gasteiger partial charge in [-0.3, -0.25) is 19.8 Å². The van der Waals surface area contributed by atoms with Gasteiger partial charge in [0.05, 0.1) is 12.8 Å². The zero-order valence-corrected chi connectivity index (χ0v) is 24.3. The molecule has 1 saturated heterocycles. The molecule has 0 bridgehead atoms. The molecule has 0 saturated carbocycles. The fourth-order valence-corrected chi connectivity index (χ4v) is 4.74. The molecule has 1 fully saturated rings. The summed E-state index contributed by atoms with van der Waals surface area (Å²) in [5.41, 5.74) is 3.10. The van der Waals surface area contributed by atoms with Crippen molar-refractivity contribution in [3.8, 4) is 23.0 Å². The van der Waals surface area contributed by atoms with E-state index < -0.39 is 11.8 Å². The number of carbonyl (C=O) groups is 2. The van der Waals surface area contributed by atoms with Crippen LogP contribution in [-0.4, -0.2) is 24.0 Å². The molecule has 4 aromatic carbocycles. The summed E-state index contributed by atoms with van der Waals surface area (Å²) in [6, 6.07) is 29.7. The molecule has 5 rings (SSSR count). The molecule has 0 aliphatic carbocycles. The molecule has 1 heterocycles. The highest BCUT2D eigenvalue weighted by molar-refractivity contribution is 7.80. The van der Waals surface area contributed by atoms with E-state index in [-0.39, 0.29) is 17.3 Å². The largest absolute Gasteiger partial charge is 0.496 e. The minimum Gasteiger partial charge on any atom is -0.496 e. The molecule has 42 heavy (non-hydrogen) atoms. The van der Waals surface area contributed by atoms with E-state index in [2.05, 4.69) is 19.2 Å². The number of rotatable bonds is 9. The van der Waals surface area contributed by atoms with E-state index in [4.69, 9.17) is 26.4 Å². The van der Waals surface area contributed by atoms with Crippen LogP contribution in [0.4, 0.5) is 5.69 Å². The summed E-state index contributed by atoms with van der Waals surface area (Å²) in [6.07, 6.45) is 1.54. The lowest BCUT2D eigenvalue weighted by atomic mass is 10.0. The van der Waals surface area contributed by atoms with Gasteiger partial charge >= 0.3 is 0 Å². The van der Waals surface area contributed by atoms with Gasteiger partial charge in [0, 0.05) is 5.56 Å². The Morgan fingerprint density at radius 3 is 2.19 bits per heavy atom. The van der Waals surface area contributed by atoms with Gasteiger partial charge in [0.2, 0.25) is 0 Å². The number of para-hydroxylation sites is 1. The smallest absolute Gasteiger partial charge is 0.270 e. The number of thiocarbonyl (C=S) groups is 1. The van der Waals surface area contributed by atoms with Crippen LogP contribution in [0.5, 0.6) is 23.0 Å². The van der Waals surface area contributed by atoms with Crippen molar-refractivity contribution in [2.75, 3.05) is 12.0 Å². The van der Waals surface area contributed by atoms with Crippen molar-refractivity contribution in [1.82, 2.24) is 5.32 Å². The summed E-state index contributed by atoms with van der Waals surface area (Å²) in [4.78, 5) is 27.7. The van der Waals surface area contributed by atoms with E-state index in [1.54, 1.807) is 49.6 Å². The number of anilines is 1. The van der Waals surface area contributed by atoms with E-state index in [9.17, 15) is 9.59 Å². The van der Waals surface area contributed by atoms with Crippen LogP contribution in [0.25, 0.3) is 6.08 Å². The zero-order chi connectivity index (χ0) is 29.6. The number of benzene rings is 4. The van der Waals surface area contributed by atoms with Crippen LogP contribution >= 0.6 is 12.2 Å². The maximum Gasteiger partial charge on any atom is 0.270 e. The van der Waals surface area contributed by atoms with E-state index in [0.717, 1.165) is 11.3 Å². The first-order valence-electron chi connectivity index (χ1n) is 13.5. The lowest BCUT2D eigenvalue weighted by Gasteiger charge is -2.29. The summed E-state index contributed by atoms with van der Waals surface area (Å²) in [7, 11) is 1.58. The van der Waals surface area contributed by atoms with Crippen LogP contribution in [0.1, 0.15) is 36.5 Å². The van der Waals surface area contributed by atoms with Crippen LogP contribution < -0.4 is 24.4 Å². The third kappa shape index (κ3) is 6.50. The summed E-state index contributed by atoms with van der Waals surface area (Å²) in [6.45, 7) is 4.53. The SMILES string of the molecule is COc1ccc(C=C2C(=O)NC(=S)N(c3ccc(Oc4ccccc4)cc3)C2=O)cc1COc1ccc(C(C)C)cc1. The molecule has 0 aromatic heterocycles. The second kappa shape index (κ2) is 12.7. The third-order valence-electron chi connectivity index (χ3n) is 6.73. The van der Waals surface area contributed by atoms with Crippen LogP contribution in [0, 0.1) is 0 Å². The Labute approximate surface area is 250 Å². The Morgan fingerprint density at radius 2 is 1.52 bits per heavy atom. The van der Waals surface area contributed by atoms with E-state index >= 15 is 0 Å². The molecule has 1 aliphatic rings. The van der Waals surface area contributed by atoms with Crippen molar-refractivity contribution < 1.29 is 23.8 Å². The minimum absolute atomic E-state index is 0.00573. The molecule has 4 aromatic rings. The van der Waals surface area contributed by atoms with Gasteiger partial charge in [-0.1, -0.05) is 50.2 Å². The molecule has 0 atom stereocenters. The Morgan fingerprint density at radius 1 is 0.857 bits per heavy atom.